The van der Waals surface area contributed by atoms with E-state index < -0.39 is 6.61 Å². The van der Waals surface area contributed by atoms with Gasteiger partial charge in [-0.1, -0.05) is 11.6 Å². The molecule has 0 radical (unpaired) electrons. The summed E-state index contributed by atoms with van der Waals surface area (Å²) in [5, 5.41) is 0.505. The topological polar surface area (TPSA) is 35.2 Å². The Labute approximate surface area is 102 Å². The lowest BCUT2D eigenvalue weighted by atomic mass is 10.2. The van der Waals surface area contributed by atoms with Crippen LogP contribution in [0.4, 0.5) is 8.78 Å². The molecular weight excluding hydrogens is 256 g/mol. The highest BCUT2D eigenvalue weighted by Crippen LogP contribution is 2.27. The first-order valence-corrected chi connectivity index (χ1v) is 6.18. The molecule has 0 unspecified atom stereocenters. The van der Waals surface area contributed by atoms with Crippen LogP contribution in [-0.4, -0.2) is 18.9 Å². The molecule has 0 saturated carbocycles. The molecule has 2 nitrogen and oxygen atoms in total. The zero-order valence-electron chi connectivity index (χ0n) is 8.46. The normalized spacial score (nSPS) is 10.8. The number of rotatable bonds is 6. The van der Waals surface area contributed by atoms with Crippen molar-refractivity contribution in [3.8, 4) is 5.75 Å². The van der Waals surface area contributed by atoms with Crippen molar-refractivity contribution in [2.24, 2.45) is 5.73 Å². The summed E-state index contributed by atoms with van der Waals surface area (Å²) in [5.41, 5.74) is 6.00. The molecule has 90 valence electrons. The van der Waals surface area contributed by atoms with Gasteiger partial charge in [-0.15, -0.1) is 0 Å². The van der Waals surface area contributed by atoms with Crippen LogP contribution in [0.3, 0.4) is 0 Å². The Hall–Kier alpha value is -0.520. The van der Waals surface area contributed by atoms with E-state index in [4.69, 9.17) is 17.3 Å². The van der Waals surface area contributed by atoms with Crippen molar-refractivity contribution in [1.82, 2.24) is 0 Å². The Morgan fingerprint density at radius 3 is 2.81 bits per heavy atom. The monoisotopic (exact) mass is 267 g/mol. The second-order valence-electron chi connectivity index (χ2n) is 2.97. The van der Waals surface area contributed by atoms with Gasteiger partial charge in [-0.25, -0.2) is 0 Å². The lowest BCUT2D eigenvalue weighted by molar-refractivity contribution is -0.0503. The molecule has 0 heterocycles. The van der Waals surface area contributed by atoms with Crippen LogP contribution >= 0.6 is 23.4 Å². The third kappa shape index (κ3) is 4.55. The Bertz CT molecular complexity index is 339. The summed E-state index contributed by atoms with van der Waals surface area (Å²) in [6.45, 7) is -2.27. The average molecular weight is 268 g/mol. The van der Waals surface area contributed by atoms with Crippen molar-refractivity contribution in [3.05, 3.63) is 28.8 Å². The Morgan fingerprint density at radius 1 is 1.44 bits per heavy atom. The van der Waals surface area contributed by atoms with E-state index in [0.29, 0.717) is 22.9 Å². The van der Waals surface area contributed by atoms with Crippen molar-refractivity contribution < 1.29 is 13.5 Å². The van der Waals surface area contributed by atoms with Crippen LogP contribution in [-0.2, 0) is 5.75 Å². The van der Waals surface area contributed by atoms with Gasteiger partial charge in [0.05, 0.1) is 0 Å². The number of ether oxygens (including phenoxy) is 1. The largest absolute Gasteiger partial charge is 0.435 e. The molecule has 0 spiro atoms. The first-order chi connectivity index (χ1) is 7.63. The minimum Gasteiger partial charge on any atom is -0.435 e. The summed E-state index contributed by atoms with van der Waals surface area (Å²) in [4.78, 5) is 0. The van der Waals surface area contributed by atoms with Gasteiger partial charge in [0.2, 0.25) is 0 Å². The smallest absolute Gasteiger partial charge is 0.387 e. The van der Waals surface area contributed by atoms with Gasteiger partial charge in [-0.3, -0.25) is 0 Å². The highest BCUT2D eigenvalue weighted by Gasteiger charge is 2.10. The number of nitrogens with two attached hydrogens (primary N) is 1. The second-order valence-corrected chi connectivity index (χ2v) is 4.51. The minimum atomic E-state index is -2.82. The molecule has 1 aromatic carbocycles. The van der Waals surface area contributed by atoms with E-state index >= 15 is 0 Å². The SMILES string of the molecule is NCCSCc1cc(Cl)ccc1OC(F)F. The van der Waals surface area contributed by atoms with Gasteiger partial charge < -0.3 is 10.5 Å². The summed E-state index contributed by atoms with van der Waals surface area (Å²) in [6.07, 6.45) is 0. The number of thioether (sulfide) groups is 1. The quantitative estimate of drug-likeness (QED) is 0.805. The van der Waals surface area contributed by atoms with E-state index in [2.05, 4.69) is 4.74 Å². The van der Waals surface area contributed by atoms with Crippen LogP contribution in [0.1, 0.15) is 5.56 Å². The van der Waals surface area contributed by atoms with E-state index in [1.54, 1.807) is 17.8 Å². The molecule has 6 heteroatoms. The first kappa shape index (κ1) is 13.5. The highest BCUT2D eigenvalue weighted by molar-refractivity contribution is 7.98. The number of hydrogen-bond acceptors (Lipinski definition) is 3. The fourth-order valence-electron chi connectivity index (χ4n) is 1.14. The molecule has 0 bridgehead atoms. The molecule has 0 aliphatic carbocycles. The van der Waals surface area contributed by atoms with Crippen LogP contribution in [0, 0.1) is 0 Å². The van der Waals surface area contributed by atoms with E-state index in [-0.39, 0.29) is 5.75 Å². The van der Waals surface area contributed by atoms with E-state index in [1.165, 1.54) is 12.1 Å². The summed E-state index contributed by atoms with van der Waals surface area (Å²) in [5.74, 6) is 1.49. The summed E-state index contributed by atoms with van der Waals surface area (Å²) in [7, 11) is 0. The van der Waals surface area contributed by atoms with E-state index in [0.717, 1.165) is 5.75 Å². The molecule has 0 saturated heterocycles. The molecule has 0 atom stereocenters. The Morgan fingerprint density at radius 2 is 2.19 bits per heavy atom. The maximum Gasteiger partial charge on any atom is 0.387 e. The second kappa shape index (κ2) is 6.93. The van der Waals surface area contributed by atoms with Crippen LogP contribution in [0.25, 0.3) is 0 Å². The minimum absolute atomic E-state index is 0.170. The van der Waals surface area contributed by atoms with Gasteiger partial charge in [-0.05, 0) is 18.2 Å². The molecule has 0 aliphatic rings. The number of halogens is 3. The number of alkyl halides is 2. The van der Waals surface area contributed by atoms with Crippen molar-refractivity contribution in [2.45, 2.75) is 12.4 Å². The Kier molecular flexibility index (Phi) is 5.87. The third-order valence-electron chi connectivity index (χ3n) is 1.76. The molecular formula is C10H12ClF2NOS. The number of hydrogen-bond donors (Lipinski definition) is 1. The van der Waals surface area contributed by atoms with E-state index in [9.17, 15) is 8.78 Å². The van der Waals surface area contributed by atoms with E-state index in [1.807, 2.05) is 0 Å². The van der Waals surface area contributed by atoms with Crippen molar-refractivity contribution >= 4 is 23.4 Å². The zero-order chi connectivity index (χ0) is 12.0. The van der Waals surface area contributed by atoms with Crippen molar-refractivity contribution in [1.29, 1.82) is 0 Å². The Balaban J connectivity index is 2.73. The third-order valence-corrected chi connectivity index (χ3v) is 3.03. The zero-order valence-corrected chi connectivity index (χ0v) is 10.0. The fourth-order valence-corrected chi connectivity index (χ4v) is 2.09. The van der Waals surface area contributed by atoms with Gasteiger partial charge in [0.25, 0.3) is 0 Å². The molecule has 0 fully saturated rings. The summed E-state index contributed by atoms with van der Waals surface area (Å²) < 4.78 is 28.6. The molecule has 0 aromatic heterocycles. The molecule has 2 N–H and O–H groups in total. The van der Waals surface area contributed by atoms with Crippen LogP contribution in [0.15, 0.2) is 18.2 Å². The van der Waals surface area contributed by atoms with Crippen LogP contribution < -0.4 is 10.5 Å². The van der Waals surface area contributed by atoms with Crippen LogP contribution in [0.5, 0.6) is 5.75 Å². The predicted molar refractivity (Wildman–Crippen MR) is 63.3 cm³/mol. The van der Waals surface area contributed by atoms with Gasteiger partial charge in [0.1, 0.15) is 5.75 Å². The number of benzene rings is 1. The molecule has 0 amide bonds. The standard InChI is InChI=1S/C10H12ClF2NOS/c11-8-1-2-9(15-10(12)13)7(5-8)6-16-4-3-14/h1-2,5,10H,3-4,6,14H2. The van der Waals surface area contributed by atoms with Gasteiger partial charge in [0, 0.05) is 28.6 Å². The van der Waals surface area contributed by atoms with Crippen molar-refractivity contribution in [3.63, 3.8) is 0 Å². The first-order valence-electron chi connectivity index (χ1n) is 4.64. The lowest BCUT2D eigenvalue weighted by Crippen LogP contribution is -2.05. The average Bonchev–Trinajstić information content (AvgIpc) is 2.22. The summed E-state index contributed by atoms with van der Waals surface area (Å²) >= 11 is 7.34. The lowest BCUT2D eigenvalue weighted by Gasteiger charge is -2.10. The molecule has 1 rings (SSSR count). The highest BCUT2D eigenvalue weighted by atomic mass is 35.5. The van der Waals surface area contributed by atoms with Gasteiger partial charge in [0.15, 0.2) is 0 Å². The maximum absolute atomic E-state index is 12.1. The van der Waals surface area contributed by atoms with Gasteiger partial charge in [-0.2, -0.15) is 20.5 Å². The fraction of sp³-hybridized carbons (Fsp3) is 0.400. The summed E-state index contributed by atoms with van der Waals surface area (Å²) in [6, 6.07) is 4.60. The van der Waals surface area contributed by atoms with Crippen LogP contribution in [0.2, 0.25) is 5.02 Å². The molecule has 16 heavy (non-hydrogen) atoms. The molecule has 0 aliphatic heterocycles. The predicted octanol–water partition coefficient (Wildman–Crippen LogP) is 3.13. The molecule has 1 aromatic rings. The van der Waals surface area contributed by atoms with Crippen molar-refractivity contribution in [2.75, 3.05) is 12.3 Å². The van der Waals surface area contributed by atoms with Gasteiger partial charge >= 0.3 is 6.61 Å². The maximum atomic E-state index is 12.1.